The van der Waals surface area contributed by atoms with Crippen molar-refractivity contribution in [2.24, 2.45) is 0 Å². The maximum Gasteiger partial charge on any atom is 0.262 e. The quantitative estimate of drug-likeness (QED) is 0.708. The van der Waals surface area contributed by atoms with Crippen LogP contribution in [-0.2, 0) is 4.79 Å². The molecule has 6 heteroatoms. The minimum Gasteiger partial charge on any atom is -0.479 e. The molecule has 1 heterocycles. The van der Waals surface area contributed by atoms with Crippen molar-refractivity contribution in [3.05, 3.63) is 33.9 Å². The highest BCUT2D eigenvalue weighted by atomic mass is 79.9. The third-order valence-electron chi connectivity index (χ3n) is 3.51. The van der Waals surface area contributed by atoms with Crippen LogP contribution < -0.4 is 10.1 Å². The van der Waals surface area contributed by atoms with E-state index >= 15 is 0 Å². The van der Waals surface area contributed by atoms with Gasteiger partial charge in [-0.1, -0.05) is 24.4 Å². The van der Waals surface area contributed by atoms with Crippen LogP contribution in [0.25, 0.3) is 10.9 Å². The van der Waals surface area contributed by atoms with Crippen LogP contribution in [0.5, 0.6) is 5.75 Å². The molecule has 2 rings (SSSR count). The molecule has 0 spiro atoms. The maximum absolute atomic E-state index is 12.5. The van der Waals surface area contributed by atoms with Gasteiger partial charge in [-0.05, 0) is 61.3 Å². The highest BCUT2D eigenvalue weighted by Crippen LogP contribution is 2.31. The van der Waals surface area contributed by atoms with Crippen molar-refractivity contribution in [2.45, 2.75) is 45.8 Å². The number of nitrogens with zero attached hydrogens (tertiary/aromatic N) is 1. The number of halogens is 2. The summed E-state index contributed by atoms with van der Waals surface area (Å²) in [4.78, 5) is 16.8. The first-order valence-electron chi connectivity index (χ1n) is 7.93. The normalized spacial score (nSPS) is 12.2. The fourth-order valence-corrected chi connectivity index (χ4v) is 2.95. The predicted molar refractivity (Wildman–Crippen MR) is 105 cm³/mol. The lowest BCUT2D eigenvalue weighted by Gasteiger charge is -2.24. The van der Waals surface area contributed by atoms with Gasteiger partial charge in [0.2, 0.25) is 0 Å². The minimum atomic E-state index is -0.659. The summed E-state index contributed by atoms with van der Waals surface area (Å²) in [5.74, 6) is 6.01. The number of hydrogen-bond acceptors (Lipinski definition) is 3. The number of carbonyl (C=O) groups is 1. The summed E-state index contributed by atoms with van der Waals surface area (Å²) >= 11 is 9.70. The molecule has 0 saturated heterocycles. The summed E-state index contributed by atoms with van der Waals surface area (Å²) in [6.45, 7) is 7.32. The maximum atomic E-state index is 12.5. The number of hydrogen-bond donors (Lipinski definition) is 1. The van der Waals surface area contributed by atoms with Crippen molar-refractivity contribution in [1.82, 2.24) is 10.3 Å². The minimum absolute atomic E-state index is 0.223. The molecule has 0 aliphatic carbocycles. The largest absolute Gasteiger partial charge is 0.479 e. The molecule has 2 aromatic rings. The van der Waals surface area contributed by atoms with Crippen molar-refractivity contribution in [3.8, 4) is 17.6 Å². The van der Waals surface area contributed by atoms with Crippen molar-refractivity contribution in [2.75, 3.05) is 0 Å². The molecule has 4 nitrogen and oxygen atoms in total. The Hall–Kier alpha value is -1.77. The van der Waals surface area contributed by atoms with E-state index in [0.717, 1.165) is 15.4 Å². The fraction of sp³-hybridized carbons (Fsp3) is 0.368. The Morgan fingerprint density at radius 3 is 2.80 bits per heavy atom. The molecule has 1 atom stereocenters. The van der Waals surface area contributed by atoms with Gasteiger partial charge in [0.05, 0.1) is 16.1 Å². The molecule has 0 radical (unpaired) electrons. The van der Waals surface area contributed by atoms with Gasteiger partial charge in [-0.25, -0.2) is 0 Å². The van der Waals surface area contributed by atoms with E-state index < -0.39 is 11.6 Å². The lowest BCUT2D eigenvalue weighted by Crippen LogP contribution is -2.48. The van der Waals surface area contributed by atoms with E-state index in [1.165, 1.54) is 0 Å². The summed E-state index contributed by atoms with van der Waals surface area (Å²) in [6, 6.07) is 5.45. The number of nitrogens with one attached hydrogen (secondary N) is 1. The zero-order valence-corrected chi connectivity index (χ0v) is 17.0. The monoisotopic (exact) mass is 422 g/mol. The Bertz CT molecular complexity index is 856. The number of fused-ring (bicyclic) bond motifs is 1. The molecule has 1 aromatic carbocycles. The molecule has 0 fully saturated rings. The Balaban J connectivity index is 2.25. The topological polar surface area (TPSA) is 51.2 Å². The highest BCUT2D eigenvalue weighted by molar-refractivity contribution is 9.10. The standard InChI is InChI=1S/C19H20BrClN2O2/c1-5-7-19(3,4)23-18(24)16(6-2)25-17-9-12-8-13(20)11-22-15(12)10-14(17)21/h8-11,16H,6H2,1-4H3,(H,23,24). The summed E-state index contributed by atoms with van der Waals surface area (Å²) in [5.41, 5.74) is 0.141. The first kappa shape index (κ1) is 19.6. The molecule has 132 valence electrons. The number of carbonyl (C=O) groups excluding carboxylic acids is 1. The number of benzene rings is 1. The first-order valence-corrected chi connectivity index (χ1v) is 9.10. The van der Waals surface area contributed by atoms with Crippen LogP contribution in [0, 0.1) is 11.8 Å². The third-order valence-corrected chi connectivity index (χ3v) is 4.24. The number of rotatable bonds is 5. The molecule has 1 amide bonds. The van der Waals surface area contributed by atoms with Crippen molar-refractivity contribution >= 4 is 44.3 Å². The Labute approximate surface area is 161 Å². The van der Waals surface area contributed by atoms with Crippen LogP contribution in [0.1, 0.15) is 34.1 Å². The Kier molecular flexibility index (Phi) is 6.31. The van der Waals surface area contributed by atoms with Crippen LogP contribution in [0.15, 0.2) is 28.9 Å². The number of pyridine rings is 1. The molecule has 0 aliphatic rings. The summed E-state index contributed by atoms with van der Waals surface area (Å²) in [6.07, 6.45) is 1.55. The van der Waals surface area contributed by atoms with Gasteiger partial charge in [0.25, 0.3) is 5.91 Å². The van der Waals surface area contributed by atoms with Crippen molar-refractivity contribution in [1.29, 1.82) is 0 Å². The predicted octanol–water partition coefficient (Wildman–Crippen LogP) is 4.73. The van der Waals surface area contributed by atoms with Crippen LogP contribution >= 0.6 is 27.5 Å². The van der Waals surface area contributed by atoms with Gasteiger partial charge in [0.1, 0.15) is 5.75 Å². The second kappa shape index (κ2) is 8.07. The average molecular weight is 424 g/mol. The van der Waals surface area contributed by atoms with Crippen LogP contribution in [-0.4, -0.2) is 22.5 Å². The van der Waals surface area contributed by atoms with Gasteiger partial charge in [0, 0.05) is 16.1 Å². The summed E-state index contributed by atoms with van der Waals surface area (Å²) in [5, 5.41) is 4.19. The lowest BCUT2D eigenvalue weighted by atomic mass is 10.1. The van der Waals surface area contributed by atoms with E-state index in [9.17, 15) is 4.79 Å². The van der Waals surface area contributed by atoms with Crippen LogP contribution in [0.4, 0.5) is 0 Å². The molecule has 25 heavy (non-hydrogen) atoms. The molecular formula is C19H20BrClN2O2. The lowest BCUT2D eigenvalue weighted by molar-refractivity contribution is -0.129. The smallest absolute Gasteiger partial charge is 0.262 e. The average Bonchev–Trinajstić information content (AvgIpc) is 2.52. The van der Waals surface area contributed by atoms with E-state index in [-0.39, 0.29) is 5.91 Å². The molecule has 0 aliphatic heterocycles. The Morgan fingerprint density at radius 1 is 1.44 bits per heavy atom. The van der Waals surface area contributed by atoms with E-state index in [4.69, 9.17) is 16.3 Å². The Morgan fingerprint density at radius 2 is 2.16 bits per heavy atom. The van der Waals surface area contributed by atoms with Gasteiger partial charge >= 0.3 is 0 Å². The van der Waals surface area contributed by atoms with Gasteiger partial charge in [-0.3, -0.25) is 9.78 Å². The second-order valence-corrected chi connectivity index (χ2v) is 7.46. The first-order chi connectivity index (χ1) is 11.8. The second-order valence-electron chi connectivity index (χ2n) is 6.13. The summed E-state index contributed by atoms with van der Waals surface area (Å²) in [7, 11) is 0. The SMILES string of the molecule is CC#CC(C)(C)NC(=O)C(CC)Oc1cc2cc(Br)cnc2cc1Cl. The molecule has 0 bridgehead atoms. The van der Waals surface area contributed by atoms with Gasteiger partial charge in [0.15, 0.2) is 6.10 Å². The number of amides is 1. The van der Waals surface area contributed by atoms with E-state index in [2.05, 4.69) is 38.1 Å². The zero-order valence-electron chi connectivity index (χ0n) is 14.6. The third kappa shape index (κ3) is 5.10. The molecule has 1 unspecified atom stereocenters. The molecule has 1 aromatic heterocycles. The van der Waals surface area contributed by atoms with Crippen molar-refractivity contribution in [3.63, 3.8) is 0 Å². The van der Waals surface area contributed by atoms with Crippen molar-refractivity contribution < 1.29 is 9.53 Å². The van der Waals surface area contributed by atoms with Gasteiger partial charge in [-0.2, -0.15) is 0 Å². The van der Waals surface area contributed by atoms with E-state index in [1.54, 1.807) is 25.3 Å². The highest BCUT2D eigenvalue weighted by Gasteiger charge is 2.25. The molecule has 1 N–H and O–H groups in total. The molecular weight excluding hydrogens is 404 g/mol. The van der Waals surface area contributed by atoms with Crippen LogP contribution in [0.3, 0.4) is 0 Å². The van der Waals surface area contributed by atoms with Gasteiger partial charge < -0.3 is 10.1 Å². The number of ether oxygens (including phenoxy) is 1. The summed E-state index contributed by atoms with van der Waals surface area (Å²) < 4.78 is 6.75. The van der Waals surface area contributed by atoms with Crippen LogP contribution in [0.2, 0.25) is 5.02 Å². The van der Waals surface area contributed by atoms with E-state index in [0.29, 0.717) is 17.2 Å². The fourth-order valence-electron chi connectivity index (χ4n) is 2.40. The van der Waals surface area contributed by atoms with Gasteiger partial charge in [-0.15, -0.1) is 5.92 Å². The number of aromatic nitrogens is 1. The molecule has 0 saturated carbocycles. The van der Waals surface area contributed by atoms with E-state index in [1.807, 2.05) is 26.8 Å². The zero-order chi connectivity index (χ0) is 18.6.